The number of aryl methyl sites for hydroxylation is 2. The topological polar surface area (TPSA) is 88.4 Å². The summed E-state index contributed by atoms with van der Waals surface area (Å²) in [4.78, 5) is 33.2. The zero-order chi connectivity index (χ0) is 30.2. The molecule has 1 atom stereocenters. The molecule has 0 unspecified atom stereocenters. The molecule has 1 aliphatic heterocycles. The number of rotatable bonds is 7. The van der Waals surface area contributed by atoms with Gasteiger partial charge in [-0.15, -0.1) is 0 Å². The summed E-state index contributed by atoms with van der Waals surface area (Å²) in [6.07, 6.45) is 6.23. The van der Waals surface area contributed by atoms with Crippen LogP contribution in [0.4, 0.5) is 0 Å². The number of allylic oxidation sites excluding steroid dienone is 1. The molecular weight excluding hydrogens is 564 g/mol. The number of carbonyl (C=O) groups excluding carboxylic acids is 1. The first kappa shape index (κ1) is 28.7. The van der Waals surface area contributed by atoms with Gasteiger partial charge >= 0.3 is 5.97 Å². The van der Waals surface area contributed by atoms with Gasteiger partial charge < -0.3 is 18.9 Å². The summed E-state index contributed by atoms with van der Waals surface area (Å²) < 4.78 is 24.8. The van der Waals surface area contributed by atoms with Gasteiger partial charge in [-0.05, 0) is 97.8 Å². The molecule has 0 fully saturated rings. The van der Waals surface area contributed by atoms with E-state index in [-0.39, 0.29) is 12.2 Å². The van der Waals surface area contributed by atoms with Gasteiger partial charge in [0.2, 0.25) is 0 Å². The van der Waals surface area contributed by atoms with E-state index < -0.39 is 12.0 Å². The lowest BCUT2D eigenvalue weighted by atomic mass is 9.90. The van der Waals surface area contributed by atoms with Gasteiger partial charge in [0.15, 0.2) is 4.80 Å². The first-order chi connectivity index (χ1) is 20.9. The normalized spacial score (nSPS) is 16.4. The summed E-state index contributed by atoms with van der Waals surface area (Å²) in [6.45, 7) is 3.72. The average molecular weight is 599 g/mol. The Hall–Kier alpha value is -4.37. The average Bonchev–Trinajstić information content (AvgIpc) is 3.32. The number of thiazole rings is 1. The smallest absolute Gasteiger partial charge is 0.338 e. The van der Waals surface area contributed by atoms with Crippen molar-refractivity contribution in [2.45, 2.75) is 45.6 Å². The molecule has 0 saturated heterocycles. The Kier molecular flexibility index (Phi) is 7.83. The van der Waals surface area contributed by atoms with Crippen LogP contribution in [-0.2, 0) is 22.4 Å². The van der Waals surface area contributed by atoms with Crippen LogP contribution in [0.2, 0.25) is 0 Å². The van der Waals surface area contributed by atoms with E-state index in [9.17, 15) is 9.59 Å². The maximum atomic E-state index is 14.4. The third kappa shape index (κ3) is 5.01. The fraction of sp³-hybridized carbons (Fsp3) is 0.324. The zero-order valence-corrected chi connectivity index (χ0v) is 25.8. The van der Waals surface area contributed by atoms with Gasteiger partial charge in [0.1, 0.15) is 23.3 Å². The summed E-state index contributed by atoms with van der Waals surface area (Å²) in [5.41, 5.74) is 4.62. The van der Waals surface area contributed by atoms with Crippen molar-refractivity contribution in [2.75, 3.05) is 27.9 Å². The van der Waals surface area contributed by atoms with Crippen molar-refractivity contribution in [2.24, 2.45) is 4.99 Å². The lowest BCUT2D eigenvalue weighted by Gasteiger charge is -2.27. The fourth-order valence-corrected chi connectivity index (χ4v) is 7.20. The van der Waals surface area contributed by atoms with Gasteiger partial charge in [0.25, 0.3) is 5.56 Å². The molecule has 8 nitrogen and oxygen atoms in total. The lowest BCUT2D eigenvalue weighted by molar-refractivity contribution is -0.139. The second kappa shape index (κ2) is 11.7. The first-order valence-electron chi connectivity index (χ1n) is 14.4. The number of ether oxygens (including phenoxy) is 4. The van der Waals surface area contributed by atoms with Gasteiger partial charge in [-0.2, -0.15) is 0 Å². The minimum absolute atomic E-state index is 0.186. The van der Waals surface area contributed by atoms with Crippen LogP contribution in [0.5, 0.6) is 17.2 Å². The second-order valence-corrected chi connectivity index (χ2v) is 11.6. The summed E-state index contributed by atoms with van der Waals surface area (Å²) in [7, 11) is 4.84. The van der Waals surface area contributed by atoms with Crippen molar-refractivity contribution >= 4 is 34.2 Å². The van der Waals surface area contributed by atoms with E-state index in [4.69, 9.17) is 23.9 Å². The SMILES string of the molecule is CCOC(=O)C1=C(C)N=c2s/c(=C\c3cc4c(cc3OC)CCCC4)c(=O)n2[C@H]1c1c(OC)ccc2ccc(OC)cc12. The maximum Gasteiger partial charge on any atom is 0.338 e. The molecule has 222 valence electrons. The monoisotopic (exact) mass is 598 g/mol. The zero-order valence-electron chi connectivity index (χ0n) is 25.0. The number of aromatic nitrogens is 1. The molecule has 0 amide bonds. The minimum atomic E-state index is -0.839. The van der Waals surface area contributed by atoms with E-state index in [2.05, 4.69) is 12.1 Å². The number of carbonyl (C=O) groups is 1. The van der Waals surface area contributed by atoms with Gasteiger partial charge in [-0.1, -0.05) is 23.5 Å². The predicted molar refractivity (Wildman–Crippen MR) is 167 cm³/mol. The second-order valence-electron chi connectivity index (χ2n) is 10.6. The Morgan fingerprint density at radius 3 is 2.42 bits per heavy atom. The Labute approximate surface area is 253 Å². The third-order valence-electron chi connectivity index (χ3n) is 8.22. The summed E-state index contributed by atoms with van der Waals surface area (Å²) in [5, 5.41) is 1.71. The summed E-state index contributed by atoms with van der Waals surface area (Å²) >= 11 is 1.29. The highest BCUT2D eigenvalue weighted by Crippen LogP contribution is 2.41. The Bertz CT molecular complexity index is 1960. The Morgan fingerprint density at radius 1 is 1.00 bits per heavy atom. The molecule has 0 radical (unpaired) electrons. The Balaban J connectivity index is 1.64. The Morgan fingerprint density at radius 2 is 1.72 bits per heavy atom. The first-order valence-corrected chi connectivity index (χ1v) is 15.2. The van der Waals surface area contributed by atoms with Crippen LogP contribution < -0.4 is 29.1 Å². The van der Waals surface area contributed by atoms with Gasteiger partial charge in [-0.3, -0.25) is 9.36 Å². The van der Waals surface area contributed by atoms with Crippen LogP contribution >= 0.6 is 11.3 Å². The molecule has 0 N–H and O–H groups in total. The molecule has 1 aliphatic carbocycles. The standard InChI is InChI=1S/C34H34N2O6S/c1-6-42-33(38)29-19(2)35-34-36(31(29)30-25-18-24(39-3)13-11-20(25)12-14-26(30)40-4)32(37)28(43-34)17-23-15-21-9-7-8-10-22(21)16-27(23)41-5/h11-18,31H,6-10H2,1-5H3/b28-17-/t31-/m1/s1. The van der Waals surface area contributed by atoms with E-state index in [1.165, 1.54) is 28.9 Å². The quantitative estimate of drug-likeness (QED) is 0.283. The number of benzene rings is 3. The molecule has 1 aromatic heterocycles. The molecule has 43 heavy (non-hydrogen) atoms. The molecule has 6 rings (SSSR count). The molecule has 0 saturated carbocycles. The van der Waals surface area contributed by atoms with Crippen molar-refractivity contribution in [3.8, 4) is 17.2 Å². The van der Waals surface area contributed by atoms with E-state index in [1.807, 2.05) is 36.4 Å². The van der Waals surface area contributed by atoms with Crippen LogP contribution in [-0.4, -0.2) is 38.5 Å². The number of esters is 1. The van der Waals surface area contributed by atoms with Crippen LogP contribution in [0.1, 0.15) is 55.0 Å². The van der Waals surface area contributed by atoms with E-state index in [0.29, 0.717) is 37.7 Å². The molecule has 9 heteroatoms. The van der Waals surface area contributed by atoms with Crippen molar-refractivity contribution in [1.29, 1.82) is 0 Å². The van der Waals surface area contributed by atoms with Crippen LogP contribution in [0.15, 0.2) is 63.5 Å². The van der Waals surface area contributed by atoms with Crippen LogP contribution in [0, 0.1) is 0 Å². The highest BCUT2D eigenvalue weighted by Gasteiger charge is 2.36. The molecule has 2 heterocycles. The molecule has 0 bridgehead atoms. The van der Waals surface area contributed by atoms with Crippen molar-refractivity contribution < 1.29 is 23.7 Å². The molecule has 2 aliphatic rings. The van der Waals surface area contributed by atoms with E-state index in [1.54, 1.807) is 39.7 Å². The van der Waals surface area contributed by atoms with E-state index >= 15 is 0 Å². The number of hydrogen-bond acceptors (Lipinski definition) is 8. The van der Waals surface area contributed by atoms with Gasteiger partial charge in [0.05, 0.1) is 43.7 Å². The van der Waals surface area contributed by atoms with Gasteiger partial charge in [0, 0.05) is 11.1 Å². The fourth-order valence-electron chi connectivity index (χ4n) is 6.17. The highest BCUT2D eigenvalue weighted by atomic mass is 32.1. The molecule has 4 aromatic rings. The largest absolute Gasteiger partial charge is 0.497 e. The number of fused-ring (bicyclic) bond motifs is 3. The lowest BCUT2D eigenvalue weighted by Crippen LogP contribution is -2.40. The molecule has 0 spiro atoms. The summed E-state index contributed by atoms with van der Waals surface area (Å²) in [6, 6.07) is 12.9. The van der Waals surface area contributed by atoms with Crippen molar-refractivity contribution in [3.05, 3.63) is 95.7 Å². The minimum Gasteiger partial charge on any atom is -0.497 e. The third-order valence-corrected chi connectivity index (χ3v) is 9.20. The van der Waals surface area contributed by atoms with Crippen molar-refractivity contribution in [1.82, 2.24) is 4.57 Å². The number of nitrogens with zero attached hydrogens (tertiary/aromatic N) is 2. The van der Waals surface area contributed by atoms with Gasteiger partial charge in [-0.25, -0.2) is 9.79 Å². The summed E-state index contributed by atoms with van der Waals surface area (Å²) in [5.74, 6) is 1.39. The predicted octanol–water partition coefficient (Wildman–Crippen LogP) is 4.86. The number of methoxy groups -OCH3 is 3. The van der Waals surface area contributed by atoms with Crippen LogP contribution in [0.25, 0.3) is 16.8 Å². The molecule has 3 aromatic carbocycles. The highest BCUT2D eigenvalue weighted by molar-refractivity contribution is 7.07. The van der Waals surface area contributed by atoms with Crippen LogP contribution in [0.3, 0.4) is 0 Å². The number of hydrogen-bond donors (Lipinski definition) is 0. The van der Waals surface area contributed by atoms with E-state index in [0.717, 1.165) is 41.3 Å². The molecular formula is C34H34N2O6S. The maximum absolute atomic E-state index is 14.4. The van der Waals surface area contributed by atoms with Crippen molar-refractivity contribution in [3.63, 3.8) is 0 Å².